The number of fused-ring (bicyclic) bond motifs is 3. The number of aliphatic hydroxyl groups excluding tert-OH is 1. The number of pyridine rings is 1. The molecule has 0 spiro atoms. The van der Waals surface area contributed by atoms with Gasteiger partial charge in [0.05, 0.1) is 10.9 Å². The van der Waals surface area contributed by atoms with Crippen molar-refractivity contribution in [1.82, 2.24) is 9.55 Å². The number of Topliss-reactive ketones (excluding diaryl/α,β-unsaturated/α-hetero) is 1. The summed E-state index contributed by atoms with van der Waals surface area (Å²) < 4.78 is 15.7. The van der Waals surface area contributed by atoms with Gasteiger partial charge in [-0.15, -0.1) is 0 Å². The highest BCUT2D eigenvalue weighted by Gasteiger charge is 2.14. The lowest BCUT2D eigenvalue weighted by molar-refractivity contribution is 0.0903. The lowest BCUT2D eigenvalue weighted by Gasteiger charge is -2.08. The monoisotopic (exact) mass is 350 g/mol. The standard InChI is InChI=1S/C20H15FN2O3/c21-14-5-6-16-15(9-14)19-17(7-8-22-20(19)26)23(16)10-12-1-3-13(4-2-12)18(25)11-24/h1-9,24H,10-11H2,(H,22,26). The normalized spacial score (nSPS) is 11.3. The van der Waals surface area contributed by atoms with E-state index >= 15 is 0 Å². The van der Waals surface area contributed by atoms with Gasteiger partial charge in [0, 0.05) is 29.2 Å². The minimum absolute atomic E-state index is 0.263. The van der Waals surface area contributed by atoms with Crippen LogP contribution < -0.4 is 5.56 Å². The largest absolute Gasteiger partial charge is 0.388 e. The van der Waals surface area contributed by atoms with Crippen LogP contribution in [0.4, 0.5) is 4.39 Å². The zero-order valence-corrected chi connectivity index (χ0v) is 13.7. The summed E-state index contributed by atoms with van der Waals surface area (Å²) in [6.45, 7) is -0.0662. The number of ketones is 1. The molecule has 0 saturated carbocycles. The third-order valence-electron chi connectivity index (χ3n) is 4.51. The Labute approximate surface area is 147 Å². The number of hydrogen-bond acceptors (Lipinski definition) is 3. The average molecular weight is 350 g/mol. The van der Waals surface area contributed by atoms with Crippen LogP contribution >= 0.6 is 0 Å². The number of nitrogens with one attached hydrogen (secondary N) is 1. The molecule has 2 aromatic heterocycles. The summed E-state index contributed by atoms with van der Waals surface area (Å²) in [7, 11) is 0. The van der Waals surface area contributed by atoms with E-state index in [0.29, 0.717) is 28.4 Å². The van der Waals surface area contributed by atoms with Gasteiger partial charge < -0.3 is 14.7 Å². The molecule has 0 aliphatic carbocycles. The lowest BCUT2D eigenvalue weighted by Crippen LogP contribution is -2.06. The van der Waals surface area contributed by atoms with Crippen LogP contribution in [0, 0.1) is 5.82 Å². The van der Waals surface area contributed by atoms with Crippen molar-refractivity contribution in [3.8, 4) is 0 Å². The molecule has 0 unspecified atom stereocenters. The van der Waals surface area contributed by atoms with Crippen LogP contribution in [-0.4, -0.2) is 27.0 Å². The number of benzene rings is 2. The molecule has 0 radical (unpaired) electrons. The van der Waals surface area contributed by atoms with E-state index < -0.39 is 12.4 Å². The number of carbonyl (C=O) groups is 1. The zero-order valence-electron chi connectivity index (χ0n) is 13.7. The maximum absolute atomic E-state index is 13.7. The van der Waals surface area contributed by atoms with Crippen molar-refractivity contribution in [2.75, 3.05) is 6.61 Å². The van der Waals surface area contributed by atoms with Gasteiger partial charge in [0.2, 0.25) is 0 Å². The Morgan fingerprint density at radius 1 is 1.08 bits per heavy atom. The summed E-state index contributed by atoms with van der Waals surface area (Å²) >= 11 is 0. The van der Waals surface area contributed by atoms with E-state index in [9.17, 15) is 14.0 Å². The van der Waals surface area contributed by atoms with E-state index in [0.717, 1.165) is 11.1 Å². The first kappa shape index (κ1) is 16.2. The molecule has 0 bridgehead atoms. The van der Waals surface area contributed by atoms with Crippen LogP contribution in [0.3, 0.4) is 0 Å². The summed E-state index contributed by atoms with van der Waals surface area (Å²) in [5.74, 6) is -0.734. The summed E-state index contributed by atoms with van der Waals surface area (Å²) in [5, 5.41) is 9.95. The Bertz CT molecular complexity index is 1190. The van der Waals surface area contributed by atoms with Crippen molar-refractivity contribution >= 4 is 27.6 Å². The van der Waals surface area contributed by atoms with Crippen molar-refractivity contribution in [2.24, 2.45) is 0 Å². The van der Waals surface area contributed by atoms with Gasteiger partial charge in [0.1, 0.15) is 12.4 Å². The molecule has 130 valence electrons. The van der Waals surface area contributed by atoms with Crippen LogP contribution in [0.15, 0.2) is 59.5 Å². The van der Waals surface area contributed by atoms with E-state index in [1.54, 1.807) is 42.6 Å². The summed E-state index contributed by atoms with van der Waals surface area (Å²) in [6.07, 6.45) is 1.57. The van der Waals surface area contributed by atoms with Gasteiger partial charge in [-0.1, -0.05) is 24.3 Å². The van der Waals surface area contributed by atoms with Crippen LogP contribution in [-0.2, 0) is 6.54 Å². The topological polar surface area (TPSA) is 75.1 Å². The number of halogens is 1. The van der Waals surface area contributed by atoms with Crippen LogP contribution in [0.1, 0.15) is 15.9 Å². The van der Waals surface area contributed by atoms with Crippen molar-refractivity contribution < 1.29 is 14.3 Å². The third kappa shape index (κ3) is 2.60. The van der Waals surface area contributed by atoms with E-state index in [1.807, 2.05) is 4.57 Å². The minimum atomic E-state index is -0.527. The molecule has 2 heterocycles. The van der Waals surface area contributed by atoms with Gasteiger partial charge >= 0.3 is 0 Å². The van der Waals surface area contributed by atoms with Gasteiger partial charge in [-0.2, -0.15) is 0 Å². The smallest absolute Gasteiger partial charge is 0.258 e. The highest BCUT2D eigenvalue weighted by Crippen LogP contribution is 2.28. The van der Waals surface area contributed by atoms with Crippen LogP contribution in [0.5, 0.6) is 0 Å². The van der Waals surface area contributed by atoms with Gasteiger partial charge in [0.15, 0.2) is 5.78 Å². The van der Waals surface area contributed by atoms with Crippen LogP contribution in [0.2, 0.25) is 0 Å². The van der Waals surface area contributed by atoms with E-state index in [-0.39, 0.29) is 11.3 Å². The fourth-order valence-electron chi connectivity index (χ4n) is 3.27. The second kappa shape index (κ2) is 6.24. The maximum atomic E-state index is 13.7. The van der Waals surface area contributed by atoms with Gasteiger partial charge in [-0.25, -0.2) is 4.39 Å². The van der Waals surface area contributed by atoms with Gasteiger partial charge in [-0.3, -0.25) is 9.59 Å². The van der Waals surface area contributed by atoms with Gasteiger partial charge in [-0.05, 0) is 29.8 Å². The zero-order chi connectivity index (χ0) is 18.3. The summed E-state index contributed by atoms with van der Waals surface area (Å²) in [6, 6.07) is 13.1. The molecule has 0 aliphatic rings. The maximum Gasteiger partial charge on any atom is 0.258 e. The average Bonchev–Trinajstić information content (AvgIpc) is 2.96. The molecule has 4 rings (SSSR count). The molecule has 4 aromatic rings. The molecule has 0 amide bonds. The van der Waals surface area contributed by atoms with E-state index in [1.165, 1.54) is 12.1 Å². The second-order valence-electron chi connectivity index (χ2n) is 6.09. The summed E-state index contributed by atoms with van der Waals surface area (Å²) in [4.78, 5) is 26.4. The first-order chi connectivity index (χ1) is 12.6. The molecule has 2 N–H and O–H groups in total. The molecular formula is C20H15FN2O3. The van der Waals surface area contributed by atoms with Crippen molar-refractivity contribution in [1.29, 1.82) is 0 Å². The first-order valence-corrected chi connectivity index (χ1v) is 8.10. The molecule has 2 aromatic carbocycles. The molecule has 0 saturated heterocycles. The third-order valence-corrected chi connectivity index (χ3v) is 4.51. The number of aromatic nitrogens is 2. The Morgan fingerprint density at radius 3 is 2.58 bits per heavy atom. The highest BCUT2D eigenvalue weighted by molar-refractivity contribution is 6.07. The number of aliphatic hydroxyl groups is 1. The van der Waals surface area contributed by atoms with Crippen molar-refractivity contribution in [3.05, 3.63) is 82.0 Å². The van der Waals surface area contributed by atoms with E-state index in [4.69, 9.17) is 5.11 Å². The lowest BCUT2D eigenvalue weighted by atomic mass is 10.1. The van der Waals surface area contributed by atoms with E-state index in [2.05, 4.69) is 4.98 Å². The van der Waals surface area contributed by atoms with Crippen molar-refractivity contribution in [3.63, 3.8) is 0 Å². The van der Waals surface area contributed by atoms with Crippen molar-refractivity contribution in [2.45, 2.75) is 6.54 Å². The Morgan fingerprint density at radius 2 is 1.85 bits per heavy atom. The summed E-state index contributed by atoms with van der Waals surface area (Å²) in [5.41, 5.74) is 2.57. The number of rotatable bonds is 4. The number of hydrogen-bond donors (Lipinski definition) is 2. The quantitative estimate of drug-likeness (QED) is 0.556. The Hall–Kier alpha value is -3.25. The fraction of sp³-hybridized carbons (Fsp3) is 0.100. The Balaban J connectivity index is 1.87. The molecule has 6 heteroatoms. The number of H-pyrrole nitrogens is 1. The fourth-order valence-corrected chi connectivity index (χ4v) is 3.27. The highest BCUT2D eigenvalue weighted by atomic mass is 19.1. The molecule has 0 fully saturated rings. The SMILES string of the molecule is O=C(CO)c1ccc(Cn2c3ccc(F)cc3c3c(=O)[nH]ccc32)cc1. The molecule has 26 heavy (non-hydrogen) atoms. The molecular weight excluding hydrogens is 335 g/mol. The minimum Gasteiger partial charge on any atom is -0.388 e. The van der Waals surface area contributed by atoms with Crippen LogP contribution in [0.25, 0.3) is 21.8 Å². The number of nitrogens with zero attached hydrogens (tertiary/aromatic N) is 1. The predicted octanol–water partition coefficient (Wildman–Crippen LogP) is 2.85. The predicted molar refractivity (Wildman–Crippen MR) is 97.0 cm³/mol. The Kier molecular flexibility index (Phi) is 3.89. The first-order valence-electron chi connectivity index (χ1n) is 8.10. The molecule has 0 aliphatic heterocycles. The van der Waals surface area contributed by atoms with Gasteiger partial charge in [0.25, 0.3) is 5.56 Å². The second-order valence-corrected chi connectivity index (χ2v) is 6.09. The molecule has 5 nitrogen and oxygen atoms in total. The molecule has 0 atom stereocenters. The number of aromatic amines is 1. The number of carbonyl (C=O) groups excluding carboxylic acids is 1.